The zero-order valence-corrected chi connectivity index (χ0v) is 12.5. The molecule has 0 saturated heterocycles. The summed E-state index contributed by atoms with van der Waals surface area (Å²) in [7, 11) is 0. The molecule has 19 heavy (non-hydrogen) atoms. The van der Waals surface area contributed by atoms with Gasteiger partial charge < -0.3 is 10.6 Å². The molecule has 0 radical (unpaired) electrons. The first-order chi connectivity index (χ1) is 9.25. The van der Waals surface area contributed by atoms with Crippen LogP contribution in [0.4, 0.5) is 0 Å². The van der Waals surface area contributed by atoms with E-state index in [0.29, 0.717) is 12.5 Å². The first-order valence-corrected chi connectivity index (χ1v) is 8.16. The van der Waals surface area contributed by atoms with Gasteiger partial charge in [0.1, 0.15) is 0 Å². The number of aryl methyl sites for hydroxylation is 1. The Labute approximate surface area is 119 Å². The highest BCUT2D eigenvalue weighted by Crippen LogP contribution is 2.17. The van der Waals surface area contributed by atoms with E-state index in [1.807, 2.05) is 0 Å². The Bertz CT molecular complexity index is 397. The predicted molar refractivity (Wildman–Crippen MR) is 80.4 cm³/mol. The van der Waals surface area contributed by atoms with Crippen molar-refractivity contribution < 1.29 is 4.79 Å². The SMILES string of the molecule is Cc1ccsc1CNCCC(=O)NC1CCCCC1. The Kier molecular flexibility index (Phi) is 5.86. The van der Waals surface area contributed by atoms with Gasteiger partial charge in [0.25, 0.3) is 0 Å². The molecule has 1 saturated carbocycles. The summed E-state index contributed by atoms with van der Waals surface area (Å²) in [6.07, 6.45) is 6.76. The molecule has 0 bridgehead atoms. The van der Waals surface area contributed by atoms with Crippen molar-refractivity contribution >= 4 is 17.2 Å². The third kappa shape index (κ3) is 4.96. The zero-order chi connectivity index (χ0) is 13.5. The number of nitrogens with one attached hydrogen (secondary N) is 2. The maximum absolute atomic E-state index is 11.8. The molecule has 1 aliphatic rings. The van der Waals surface area contributed by atoms with Crippen LogP contribution in [-0.4, -0.2) is 18.5 Å². The standard InChI is InChI=1S/C15H24N2OS/c1-12-8-10-19-14(12)11-16-9-7-15(18)17-13-5-3-2-4-6-13/h8,10,13,16H,2-7,9,11H2,1H3,(H,17,18). The van der Waals surface area contributed by atoms with Crippen molar-refractivity contribution in [2.45, 2.75) is 58.0 Å². The highest BCUT2D eigenvalue weighted by molar-refractivity contribution is 7.10. The molecule has 1 aromatic rings. The smallest absolute Gasteiger partial charge is 0.221 e. The second-order valence-corrected chi connectivity index (χ2v) is 6.36. The molecule has 0 unspecified atom stereocenters. The van der Waals surface area contributed by atoms with Gasteiger partial charge in [-0.3, -0.25) is 4.79 Å². The van der Waals surface area contributed by atoms with Crippen LogP contribution < -0.4 is 10.6 Å². The lowest BCUT2D eigenvalue weighted by molar-refractivity contribution is -0.121. The van der Waals surface area contributed by atoms with E-state index in [9.17, 15) is 4.79 Å². The van der Waals surface area contributed by atoms with Crippen molar-refractivity contribution in [2.24, 2.45) is 0 Å². The summed E-state index contributed by atoms with van der Waals surface area (Å²) in [4.78, 5) is 13.2. The largest absolute Gasteiger partial charge is 0.353 e. The third-order valence-corrected chi connectivity index (χ3v) is 4.78. The van der Waals surface area contributed by atoms with Crippen molar-refractivity contribution in [1.29, 1.82) is 0 Å². The van der Waals surface area contributed by atoms with Gasteiger partial charge in [0, 0.05) is 30.4 Å². The predicted octanol–water partition coefficient (Wildman–Crippen LogP) is 2.99. The van der Waals surface area contributed by atoms with E-state index in [-0.39, 0.29) is 5.91 Å². The van der Waals surface area contributed by atoms with Crippen LogP contribution in [0, 0.1) is 6.92 Å². The van der Waals surface area contributed by atoms with E-state index >= 15 is 0 Å². The number of carbonyl (C=O) groups is 1. The first-order valence-electron chi connectivity index (χ1n) is 7.29. The summed E-state index contributed by atoms with van der Waals surface area (Å²) >= 11 is 1.77. The highest BCUT2D eigenvalue weighted by atomic mass is 32.1. The van der Waals surface area contributed by atoms with E-state index in [0.717, 1.165) is 25.9 Å². The average Bonchev–Trinajstić information content (AvgIpc) is 2.81. The van der Waals surface area contributed by atoms with Gasteiger partial charge in [0.2, 0.25) is 5.91 Å². The fourth-order valence-electron chi connectivity index (χ4n) is 2.54. The maximum atomic E-state index is 11.8. The number of hydrogen-bond donors (Lipinski definition) is 2. The number of thiophene rings is 1. The minimum atomic E-state index is 0.197. The molecule has 0 atom stereocenters. The number of hydrogen-bond acceptors (Lipinski definition) is 3. The Hall–Kier alpha value is -0.870. The second kappa shape index (κ2) is 7.65. The molecule has 2 N–H and O–H groups in total. The Morgan fingerprint density at radius 3 is 2.84 bits per heavy atom. The van der Waals surface area contributed by atoms with Gasteiger partial charge in [-0.1, -0.05) is 19.3 Å². The van der Waals surface area contributed by atoms with E-state index in [4.69, 9.17) is 0 Å². The molecule has 0 spiro atoms. The van der Waals surface area contributed by atoms with Gasteiger partial charge in [-0.05, 0) is 36.8 Å². The van der Waals surface area contributed by atoms with Crippen LogP contribution in [0.25, 0.3) is 0 Å². The second-order valence-electron chi connectivity index (χ2n) is 5.36. The van der Waals surface area contributed by atoms with Crippen molar-refractivity contribution in [1.82, 2.24) is 10.6 Å². The van der Waals surface area contributed by atoms with Gasteiger partial charge in [0.05, 0.1) is 0 Å². The van der Waals surface area contributed by atoms with Crippen LogP contribution in [0.2, 0.25) is 0 Å². The molecule has 1 fully saturated rings. The summed E-state index contributed by atoms with van der Waals surface area (Å²) in [6.45, 7) is 3.76. The molecule has 106 valence electrons. The number of rotatable bonds is 6. The van der Waals surface area contributed by atoms with E-state index in [1.54, 1.807) is 11.3 Å². The molecular formula is C15H24N2OS. The maximum Gasteiger partial charge on any atom is 0.221 e. The number of carbonyl (C=O) groups excluding carboxylic acids is 1. The van der Waals surface area contributed by atoms with Gasteiger partial charge in [0.15, 0.2) is 0 Å². The molecule has 0 aliphatic heterocycles. The normalized spacial score (nSPS) is 16.5. The summed E-state index contributed by atoms with van der Waals surface area (Å²) in [5.74, 6) is 0.197. The van der Waals surface area contributed by atoms with Crippen LogP contribution >= 0.6 is 11.3 Å². The first kappa shape index (κ1) is 14.5. The summed E-state index contributed by atoms with van der Waals surface area (Å²) in [5.41, 5.74) is 1.34. The molecule has 1 amide bonds. The fourth-order valence-corrected chi connectivity index (χ4v) is 3.41. The van der Waals surface area contributed by atoms with Crippen molar-refractivity contribution in [3.63, 3.8) is 0 Å². The van der Waals surface area contributed by atoms with Crippen molar-refractivity contribution in [3.05, 3.63) is 21.9 Å². The van der Waals surface area contributed by atoms with Gasteiger partial charge in [-0.25, -0.2) is 0 Å². The third-order valence-electron chi connectivity index (χ3n) is 3.75. The van der Waals surface area contributed by atoms with Crippen LogP contribution in [0.3, 0.4) is 0 Å². The topological polar surface area (TPSA) is 41.1 Å². The zero-order valence-electron chi connectivity index (χ0n) is 11.7. The van der Waals surface area contributed by atoms with Crippen molar-refractivity contribution in [3.8, 4) is 0 Å². The van der Waals surface area contributed by atoms with Crippen LogP contribution in [-0.2, 0) is 11.3 Å². The quantitative estimate of drug-likeness (QED) is 0.787. The average molecular weight is 280 g/mol. The lowest BCUT2D eigenvalue weighted by atomic mass is 9.95. The van der Waals surface area contributed by atoms with Crippen LogP contribution in [0.1, 0.15) is 49.0 Å². The molecule has 0 aromatic carbocycles. The summed E-state index contributed by atoms with van der Waals surface area (Å²) in [5, 5.41) is 8.61. The summed E-state index contributed by atoms with van der Waals surface area (Å²) < 4.78 is 0. The Morgan fingerprint density at radius 1 is 1.37 bits per heavy atom. The minimum absolute atomic E-state index is 0.197. The Morgan fingerprint density at radius 2 is 2.16 bits per heavy atom. The lowest BCUT2D eigenvalue weighted by Gasteiger charge is -2.22. The van der Waals surface area contributed by atoms with Crippen molar-refractivity contribution in [2.75, 3.05) is 6.54 Å². The Balaban J connectivity index is 1.57. The van der Waals surface area contributed by atoms with Crippen LogP contribution in [0.5, 0.6) is 0 Å². The minimum Gasteiger partial charge on any atom is -0.353 e. The lowest BCUT2D eigenvalue weighted by Crippen LogP contribution is -2.37. The van der Waals surface area contributed by atoms with Gasteiger partial charge in [-0.2, -0.15) is 0 Å². The molecule has 1 aliphatic carbocycles. The highest BCUT2D eigenvalue weighted by Gasteiger charge is 2.15. The van der Waals surface area contributed by atoms with Gasteiger partial charge >= 0.3 is 0 Å². The van der Waals surface area contributed by atoms with E-state index < -0.39 is 0 Å². The molecule has 2 rings (SSSR count). The van der Waals surface area contributed by atoms with Crippen LogP contribution in [0.15, 0.2) is 11.4 Å². The molecular weight excluding hydrogens is 256 g/mol. The van der Waals surface area contributed by atoms with E-state index in [1.165, 1.54) is 29.7 Å². The van der Waals surface area contributed by atoms with Gasteiger partial charge in [-0.15, -0.1) is 11.3 Å². The number of amides is 1. The molecule has 3 nitrogen and oxygen atoms in total. The fraction of sp³-hybridized carbons (Fsp3) is 0.667. The molecule has 1 aromatic heterocycles. The summed E-state index contributed by atoms with van der Waals surface area (Å²) in [6, 6.07) is 2.57. The molecule has 1 heterocycles. The molecule has 4 heteroatoms. The van der Waals surface area contributed by atoms with E-state index in [2.05, 4.69) is 29.0 Å². The monoisotopic (exact) mass is 280 g/mol.